The molecule has 1 rings (SSSR count). The van der Waals surface area contributed by atoms with Crippen LogP contribution in [0.3, 0.4) is 0 Å². The molecule has 2 N–H and O–H groups in total. The molecule has 0 saturated carbocycles. The van der Waals surface area contributed by atoms with E-state index in [9.17, 15) is 4.79 Å². The van der Waals surface area contributed by atoms with Crippen LogP contribution in [0.4, 0.5) is 0 Å². The fraction of sp³-hybridized carbons (Fsp3) is 0.500. The van der Waals surface area contributed by atoms with E-state index in [0.717, 1.165) is 5.56 Å². The van der Waals surface area contributed by atoms with Crippen LogP contribution in [0.5, 0.6) is 0 Å². The molecule has 0 radical (unpaired) electrons. The first kappa shape index (κ1) is 14.7. The molecule has 0 spiro atoms. The minimum atomic E-state index is 0.0144. The van der Waals surface area contributed by atoms with Crippen LogP contribution in [0.25, 0.3) is 0 Å². The Labute approximate surface area is 109 Å². The Morgan fingerprint density at radius 2 is 2.00 bits per heavy atom. The highest BCUT2D eigenvalue weighted by molar-refractivity contribution is 5.94. The predicted molar refractivity (Wildman–Crippen MR) is 72.7 cm³/mol. The van der Waals surface area contributed by atoms with Crippen molar-refractivity contribution in [2.45, 2.75) is 13.8 Å². The van der Waals surface area contributed by atoms with Crippen LogP contribution >= 0.6 is 0 Å². The van der Waals surface area contributed by atoms with Crippen molar-refractivity contribution in [2.75, 3.05) is 33.4 Å². The van der Waals surface area contributed by atoms with E-state index >= 15 is 0 Å². The van der Waals surface area contributed by atoms with Crippen molar-refractivity contribution in [3.63, 3.8) is 0 Å². The van der Waals surface area contributed by atoms with Crippen LogP contribution < -0.4 is 5.73 Å². The molecule has 0 atom stereocenters. The van der Waals surface area contributed by atoms with E-state index in [0.29, 0.717) is 31.8 Å². The number of hydrogen-bond donors (Lipinski definition) is 1. The summed E-state index contributed by atoms with van der Waals surface area (Å²) >= 11 is 0. The van der Waals surface area contributed by atoms with Gasteiger partial charge in [-0.1, -0.05) is 6.07 Å². The van der Waals surface area contributed by atoms with Gasteiger partial charge in [-0.3, -0.25) is 4.79 Å². The number of nitrogens with two attached hydrogens (primary N) is 1. The summed E-state index contributed by atoms with van der Waals surface area (Å²) in [6.07, 6.45) is 0. The number of methoxy groups -OCH3 is 1. The van der Waals surface area contributed by atoms with Gasteiger partial charge in [-0.05, 0) is 37.1 Å². The number of aryl methyl sites for hydroxylation is 2. The summed E-state index contributed by atoms with van der Waals surface area (Å²) in [6, 6.07) is 5.76. The van der Waals surface area contributed by atoms with Crippen LogP contribution in [0.15, 0.2) is 18.2 Å². The zero-order chi connectivity index (χ0) is 13.5. The summed E-state index contributed by atoms with van der Waals surface area (Å²) in [5, 5.41) is 0. The highest BCUT2D eigenvalue weighted by Crippen LogP contribution is 2.12. The Balaban J connectivity index is 2.83. The van der Waals surface area contributed by atoms with Crippen LogP contribution in [0, 0.1) is 13.8 Å². The number of carbonyl (C=O) groups excluding carboxylic acids is 1. The van der Waals surface area contributed by atoms with Gasteiger partial charge in [0, 0.05) is 32.3 Å². The molecule has 1 aromatic carbocycles. The maximum atomic E-state index is 12.3. The Hall–Kier alpha value is -1.39. The topological polar surface area (TPSA) is 55.6 Å². The number of rotatable bonds is 6. The van der Waals surface area contributed by atoms with Crippen molar-refractivity contribution in [1.29, 1.82) is 0 Å². The molecule has 0 unspecified atom stereocenters. The minimum absolute atomic E-state index is 0.0144. The largest absolute Gasteiger partial charge is 0.383 e. The van der Waals surface area contributed by atoms with Crippen LogP contribution in [-0.4, -0.2) is 44.2 Å². The average Bonchev–Trinajstić information content (AvgIpc) is 2.37. The summed E-state index contributed by atoms with van der Waals surface area (Å²) < 4.78 is 5.01. The molecule has 4 nitrogen and oxygen atoms in total. The molecule has 0 bridgehead atoms. The molecule has 1 aromatic rings. The van der Waals surface area contributed by atoms with Gasteiger partial charge >= 0.3 is 0 Å². The molecule has 0 aromatic heterocycles. The lowest BCUT2D eigenvalue weighted by Gasteiger charge is -2.22. The molecule has 4 heteroatoms. The lowest BCUT2D eigenvalue weighted by atomic mass is 10.1. The summed E-state index contributed by atoms with van der Waals surface area (Å²) in [4.78, 5) is 14.0. The van der Waals surface area contributed by atoms with Crippen molar-refractivity contribution in [1.82, 2.24) is 4.90 Å². The van der Waals surface area contributed by atoms with Crippen LogP contribution in [0.2, 0.25) is 0 Å². The lowest BCUT2D eigenvalue weighted by Crippen LogP contribution is -2.37. The van der Waals surface area contributed by atoms with Gasteiger partial charge in [-0.2, -0.15) is 0 Å². The molecule has 0 heterocycles. The Morgan fingerprint density at radius 3 is 2.56 bits per heavy atom. The monoisotopic (exact) mass is 250 g/mol. The number of amides is 1. The van der Waals surface area contributed by atoms with Gasteiger partial charge in [0.2, 0.25) is 0 Å². The summed E-state index contributed by atoms with van der Waals surface area (Å²) in [7, 11) is 1.63. The zero-order valence-electron chi connectivity index (χ0n) is 11.4. The normalized spacial score (nSPS) is 10.4. The Bertz CT molecular complexity index is 405. The second-order valence-electron chi connectivity index (χ2n) is 4.37. The molecular formula is C14H22N2O2. The number of hydrogen-bond acceptors (Lipinski definition) is 3. The van der Waals surface area contributed by atoms with E-state index < -0.39 is 0 Å². The molecule has 0 aliphatic heterocycles. The minimum Gasteiger partial charge on any atom is -0.383 e. The number of benzene rings is 1. The zero-order valence-corrected chi connectivity index (χ0v) is 11.4. The second-order valence-corrected chi connectivity index (χ2v) is 4.37. The van der Waals surface area contributed by atoms with Crippen LogP contribution in [0.1, 0.15) is 21.5 Å². The SMILES string of the molecule is COCCN(CCN)C(=O)c1ccc(C)c(C)c1. The van der Waals surface area contributed by atoms with Gasteiger partial charge in [0.25, 0.3) is 5.91 Å². The van der Waals surface area contributed by atoms with Crippen molar-refractivity contribution in [3.8, 4) is 0 Å². The van der Waals surface area contributed by atoms with Crippen molar-refractivity contribution in [3.05, 3.63) is 34.9 Å². The van der Waals surface area contributed by atoms with Crippen molar-refractivity contribution >= 4 is 5.91 Å². The molecular weight excluding hydrogens is 228 g/mol. The fourth-order valence-electron chi connectivity index (χ4n) is 1.73. The first-order chi connectivity index (χ1) is 8.60. The summed E-state index contributed by atoms with van der Waals surface area (Å²) in [5.74, 6) is 0.0144. The van der Waals surface area contributed by atoms with E-state index in [1.165, 1.54) is 5.56 Å². The Kier molecular flexibility index (Phi) is 5.82. The Morgan fingerprint density at radius 1 is 1.28 bits per heavy atom. The van der Waals surface area contributed by atoms with Gasteiger partial charge in [-0.25, -0.2) is 0 Å². The smallest absolute Gasteiger partial charge is 0.253 e. The van der Waals surface area contributed by atoms with Gasteiger partial charge in [0.05, 0.1) is 6.61 Å². The number of nitrogens with zero attached hydrogens (tertiary/aromatic N) is 1. The van der Waals surface area contributed by atoms with Gasteiger partial charge in [-0.15, -0.1) is 0 Å². The van der Waals surface area contributed by atoms with E-state index in [4.69, 9.17) is 10.5 Å². The first-order valence-electron chi connectivity index (χ1n) is 6.15. The number of carbonyl (C=O) groups is 1. The van der Waals surface area contributed by atoms with Crippen molar-refractivity contribution in [2.24, 2.45) is 5.73 Å². The molecule has 0 fully saturated rings. The second kappa shape index (κ2) is 7.13. The molecule has 100 valence electrons. The summed E-state index contributed by atoms with van der Waals surface area (Å²) in [6.45, 7) is 6.14. The highest BCUT2D eigenvalue weighted by Gasteiger charge is 2.15. The lowest BCUT2D eigenvalue weighted by molar-refractivity contribution is 0.0701. The third-order valence-corrected chi connectivity index (χ3v) is 3.01. The van der Waals surface area contributed by atoms with E-state index in [1.54, 1.807) is 12.0 Å². The standard InChI is InChI=1S/C14H22N2O2/c1-11-4-5-13(10-12(11)2)14(17)16(7-6-15)8-9-18-3/h4-5,10H,6-9,15H2,1-3H3. The molecule has 0 saturated heterocycles. The van der Waals surface area contributed by atoms with Gasteiger partial charge in [0.1, 0.15) is 0 Å². The molecule has 0 aliphatic rings. The van der Waals surface area contributed by atoms with E-state index in [-0.39, 0.29) is 5.91 Å². The maximum Gasteiger partial charge on any atom is 0.253 e. The first-order valence-corrected chi connectivity index (χ1v) is 6.15. The van der Waals surface area contributed by atoms with Gasteiger partial charge < -0.3 is 15.4 Å². The molecule has 18 heavy (non-hydrogen) atoms. The van der Waals surface area contributed by atoms with E-state index in [1.807, 2.05) is 32.0 Å². The highest BCUT2D eigenvalue weighted by atomic mass is 16.5. The predicted octanol–water partition coefficient (Wildman–Crippen LogP) is 1.35. The van der Waals surface area contributed by atoms with Crippen molar-refractivity contribution < 1.29 is 9.53 Å². The van der Waals surface area contributed by atoms with E-state index in [2.05, 4.69) is 0 Å². The fourth-order valence-corrected chi connectivity index (χ4v) is 1.73. The maximum absolute atomic E-state index is 12.3. The average molecular weight is 250 g/mol. The van der Waals surface area contributed by atoms with Crippen LogP contribution in [-0.2, 0) is 4.74 Å². The number of ether oxygens (including phenoxy) is 1. The van der Waals surface area contributed by atoms with Gasteiger partial charge in [0.15, 0.2) is 0 Å². The quantitative estimate of drug-likeness (QED) is 0.829. The third kappa shape index (κ3) is 3.82. The molecule has 1 amide bonds. The summed E-state index contributed by atoms with van der Waals surface area (Å²) in [5.41, 5.74) is 8.56. The third-order valence-electron chi connectivity index (χ3n) is 3.01. The molecule has 0 aliphatic carbocycles.